The summed E-state index contributed by atoms with van der Waals surface area (Å²) in [6, 6.07) is 14.6. The molecule has 2 aromatic carbocycles. The van der Waals surface area contributed by atoms with Gasteiger partial charge < -0.3 is 14.8 Å². The number of nitrogens with zero attached hydrogens (tertiary/aromatic N) is 1. The number of carbonyl (C=O) groups is 2. The van der Waals surface area contributed by atoms with E-state index in [1.54, 1.807) is 18.2 Å². The van der Waals surface area contributed by atoms with E-state index in [0.717, 1.165) is 47.7 Å². The summed E-state index contributed by atoms with van der Waals surface area (Å²) >= 11 is 3.49. The minimum Gasteiger partial charge on any atom is -0.507 e. The Bertz CT molecular complexity index is 1330. The van der Waals surface area contributed by atoms with E-state index in [9.17, 15) is 19.7 Å². The first kappa shape index (κ1) is 28.8. The van der Waals surface area contributed by atoms with Crippen LogP contribution in [0.3, 0.4) is 0 Å². The number of hydrogen-bond donors (Lipinski definition) is 2. The number of para-hydroxylation sites is 1. The van der Waals surface area contributed by atoms with Crippen LogP contribution >= 0.6 is 15.9 Å². The van der Waals surface area contributed by atoms with Gasteiger partial charge in [0.1, 0.15) is 5.75 Å². The van der Waals surface area contributed by atoms with E-state index >= 15 is 0 Å². The molecule has 1 aliphatic carbocycles. The second kappa shape index (κ2) is 12.5. The molecule has 2 heterocycles. The summed E-state index contributed by atoms with van der Waals surface area (Å²) in [6.07, 6.45) is 7.67. The molecule has 0 unspecified atom stereocenters. The molecule has 0 radical (unpaired) electrons. The van der Waals surface area contributed by atoms with Crippen molar-refractivity contribution in [3.05, 3.63) is 75.3 Å². The molecular weight excluding hydrogens is 569 g/mol. The van der Waals surface area contributed by atoms with Gasteiger partial charge in [-0.05, 0) is 80.2 Å². The number of amides is 2. The van der Waals surface area contributed by atoms with E-state index in [0.29, 0.717) is 24.8 Å². The number of phenolic OH excluding ortho intramolecular Hbond substituents is 1. The van der Waals surface area contributed by atoms with Crippen LogP contribution in [0.25, 0.3) is 6.08 Å². The van der Waals surface area contributed by atoms with Crippen molar-refractivity contribution in [1.82, 2.24) is 0 Å². The maximum absolute atomic E-state index is 13.8. The average Bonchev–Trinajstić information content (AvgIpc) is 3.19. The molecular formula is C32H37BBrNO5. The smallest absolute Gasteiger partial charge is 0.455 e. The lowest BCUT2D eigenvalue weighted by molar-refractivity contribution is -0.122. The second-order valence-electron chi connectivity index (χ2n) is 11.2. The summed E-state index contributed by atoms with van der Waals surface area (Å²) in [5, 5.41) is 21.2. The van der Waals surface area contributed by atoms with E-state index in [1.807, 2.05) is 30.3 Å². The van der Waals surface area contributed by atoms with Gasteiger partial charge in [-0.25, -0.2) is 0 Å². The Morgan fingerprint density at radius 1 is 1.07 bits per heavy atom. The van der Waals surface area contributed by atoms with Crippen LogP contribution in [0, 0.1) is 17.8 Å². The van der Waals surface area contributed by atoms with Crippen molar-refractivity contribution < 1.29 is 24.4 Å². The van der Waals surface area contributed by atoms with Crippen LogP contribution in [0.4, 0.5) is 5.69 Å². The second-order valence-corrected chi connectivity index (χ2v) is 12.1. The lowest BCUT2D eigenvalue weighted by Gasteiger charge is -2.43. The number of rotatable bonds is 9. The van der Waals surface area contributed by atoms with Crippen molar-refractivity contribution in [3.63, 3.8) is 0 Å². The lowest BCUT2D eigenvalue weighted by atomic mass is 9.58. The molecule has 8 heteroatoms. The first-order valence-corrected chi connectivity index (χ1v) is 15.3. The van der Waals surface area contributed by atoms with Gasteiger partial charge in [-0.2, -0.15) is 0 Å². The van der Waals surface area contributed by atoms with E-state index in [2.05, 4.69) is 35.9 Å². The van der Waals surface area contributed by atoms with Crippen molar-refractivity contribution in [2.24, 2.45) is 17.8 Å². The number of halogens is 1. The lowest BCUT2D eigenvalue weighted by Crippen LogP contribution is -2.46. The summed E-state index contributed by atoms with van der Waals surface area (Å²) in [4.78, 5) is 28.8. The Hall–Kier alpha value is -2.68. The molecule has 0 bridgehead atoms. The Labute approximate surface area is 245 Å². The molecule has 0 saturated carbocycles. The third-order valence-corrected chi connectivity index (χ3v) is 9.02. The van der Waals surface area contributed by atoms with Crippen LogP contribution in [0.15, 0.2) is 69.7 Å². The molecule has 2 amide bonds. The van der Waals surface area contributed by atoms with E-state index in [-0.39, 0.29) is 29.6 Å². The number of aromatic hydroxyl groups is 1. The third kappa shape index (κ3) is 5.72. The van der Waals surface area contributed by atoms with Crippen LogP contribution in [-0.2, 0) is 14.2 Å². The highest BCUT2D eigenvalue weighted by atomic mass is 79.9. The molecule has 5 rings (SSSR count). The number of phenols is 1. The zero-order valence-electron chi connectivity index (χ0n) is 23.2. The molecule has 0 aromatic heterocycles. The molecule has 2 N–H and O–H groups in total. The van der Waals surface area contributed by atoms with Crippen LogP contribution in [0.5, 0.6) is 5.75 Å². The first-order valence-electron chi connectivity index (χ1n) is 14.5. The number of allylic oxidation sites excluding steroid dienone is 2. The zero-order valence-corrected chi connectivity index (χ0v) is 24.8. The van der Waals surface area contributed by atoms with Crippen LogP contribution in [-0.4, -0.2) is 35.2 Å². The highest BCUT2D eigenvalue weighted by Gasteiger charge is 2.57. The predicted molar refractivity (Wildman–Crippen MR) is 162 cm³/mol. The fraction of sp³-hybridized carbons (Fsp3) is 0.438. The molecule has 0 spiro atoms. The highest BCUT2D eigenvalue weighted by Crippen LogP contribution is 2.52. The largest absolute Gasteiger partial charge is 0.507 e. The number of benzene rings is 2. The summed E-state index contributed by atoms with van der Waals surface area (Å²) in [5.41, 5.74) is 4.92. The summed E-state index contributed by atoms with van der Waals surface area (Å²) in [6.45, 7) is 4.27. The SMILES string of the molecule is CCCC1=C2[C@@H](CC/C(=C/c3cc(Br)ccc3O)CCC)OB(O)C[C@@H]2[C@@H]2C(=O)N(c3ccccc3)C(=O)[C@@H]2C1. The number of hydrogen-bond acceptors (Lipinski definition) is 5. The number of carbonyl (C=O) groups excluding carboxylic acids is 2. The molecule has 6 nitrogen and oxygen atoms in total. The van der Waals surface area contributed by atoms with Gasteiger partial charge in [-0.1, -0.05) is 78.0 Å². The summed E-state index contributed by atoms with van der Waals surface area (Å²) in [5.74, 6) is -1.15. The number of anilines is 1. The number of imide groups is 1. The molecule has 40 heavy (non-hydrogen) atoms. The van der Waals surface area contributed by atoms with E-state index in [1.165, 1.54) is 16.0 Å². The fourth-order valence-corrected chi connectivity index (χ4v) is 7.28. The van der Waals surface area contributed by atoms with E-state index in [4.69, 9.17) is 4.65 Å². The normalized spacial score (nSPS) is 24.9. The molecule has 4 atom stereocenters. The molecule has 2 aliphatic heterocycles. The van der Waals surface area contributed by atoms with Crippen molar-refractivity contribution in [3.8, 4) is 5.75 Å². The van der Waals surface area contributed by atoms with Crippen LogP contribution in [0.2, 0.25) is 6.32 Å². The van der Waals surface area contributed by atoms with E-state index < -0.39 is 19.0 Å². The molecule has 2 saturated heterocycles. The molecule has 3 aliphatic rings. The Morgan fingerprint density at radius 3 is 2.58 bits per heavy atom. The van der Waals surface area contributed by atoms with Crippen molar-refractivity contribution in [2.45, 2.75) is 71.2 Å². The number of fused-ring (bicyclic) bond motifs is 3. The standard InChI is InChI=1S/C32H37BBrNO5/c1-3-8-20(16-22-17-23(34)13-14-27(22)36)12-15-28-29-21(9-4-2)18-25-30(26(29)19-33(39)40-28)32(38)35(31(25)37)24-10-6-5-7-11-24/h5-7,10-11,13-14,16-17,25-26,28,30,36,39H,3-4,8-9,12,15,18-19H2,1-2H3/b20-16+/t25-,26+,28-,30-/m1/s1. The minimum absolute atomic E-state index is 0.131. The Morgan fingerprint density at radius 2 is 1.85 bits per heavy atom. The van der Waals surface area contributed by atoms with Gasteiger partial charge in [0.05, 0.1) is 23.6 Å². The molecule has 210 valence electrons. The maximum Gasteiger partial charge on any atom is 0.455 e. The van der Waals surface area contributed by atoms with Gasteiger partial charge in [0.25, 0.3) is 0 Å². The third-order valence-electron chi connectivity index (χ3n) is 8.52. The van der Waals surface area contributed by atoms with Gasteiger partial charge in [0.15, 0.2) is 0 Å². The van der Waals surface area contributed by atoms with Gasteiger partial charge in [-0.3, -0.25) is 14.5 Å². The zero-order chi connectivity index (χ0) is 28.4. The van der Waals surface area contributed by atoms with Crippen LogP contribution < -0.4 is 4.90 Å². The topological polar surface area (TPSA) is 87.1 Å². The van der Waals surface area contributed by atoms with Crippen molar-refractivity contribution in [2.75, 3.05) is 4.90 Å². The van der Waals surface area contributed by atoms with Gasteiger partial charge in [0.2, 0.25) is 11.8 Å². The summed E-state index contributed by atoms with van der Waals surface area (Å²) < 4.78 is 7.08. The monoisotopic (exact) mass is 605 g/mol. The highest BCUT2D eigenvalue weighted by molar-refractivity contribution is 9.10. The predicted octanol–water partition coefficient (Wildman–Crippen LogP) is 6.92. The van der Waals surface area contributed by atoms with Gasteiger partial charge >= 0.3 is 7.12 Å². The average molecular weight is 606 g/mol. The van der Waals surface area contributed by atoms with Crippen LogP contribution in [0.1, 0.15) is 64.4 Å². The van der Waals surface area contributed by atoms with Crippen molar-refractivity contribution >= 4 is 46.6 Å². The minimum atomic E-state index is -0.984. The van der Waals surface area contributed by atoms with Gasteiger partial charge in [0, 0.05) is 10.0 Å². The fourth-order valence-electron chi connectivity index (χ4n) is 6.90. The Balaban J connectivity index is 1.45. The quantitative estimate of drug-likeness (QED) is 0.184. The maximum atomic E-state index is 13.8. The van der Waals surface area contributed by atoms with Gasteiger partial charge in [-0.15, -0.1) is 0 Å². The first-order chi connectivity index (χ1) is 19.3. The summed E-state index contributed by atoms with van der Waals surface area (Å²) in [7, 11) is -0.984. The molecule has 2 fully saturated rings. The molecule has 2 aromatic rings. The van der Waals surface area contributed by atoms with Crippen molar-refractivity contribution in [1.29, 1.82) is 0 Å². The Kier molecular flexibility index (Phi) is 8.98.